The van der Waals surface area contributed by atoms with Crippen molar-refractivity contribution in [2.75, 3.05) is 12.4 Å². The van der Waals surface area contributed by atoms with Crippen LogP contribution in [0.2, 0.25) is 5.02 Å². The number of anilines is 1. The molecule has 0 unspecified atom stereocenters. The number of aromatic amines is 1. The molecular weight excluding hydrogens is 342 g/mol. The summed E-state index contributed by atoms with van der Waals surface area (Å²) in [4.78, 5) is 12.8. The second kappa shape index (κ2) is 7.63. The Morgan fingerprint density at radius 3 is 2.96 bits per heavy atom. The molecule has 0 spiro atoms. The molecule has 2 heterocycles. The highest BCUT2D eigenvalue weighted by Crippen LogP contribution is 2.27. The molecule has 0 fully saturated rings. The van der Waals surface area contributed by atoms with Crippen LogP contribution in [0.5, 0.6) is 5.75 Å². The van der Waals surface area contributed by atoms with Gasteiger partial charge < -0.3 is 15.8 Å². The lowest BCUT2D eigenvalue weighted by Crippen LogP contribution is -2.22. The molecule has 1 aromatic carbocycles. The van der Waals surface area contributed by atoms with Crippen LogP contribution in [0.3, 0.4) is 0 Å². The molecule has 3 aromatic rings. The number of H-pyrrole nitrogens is 1. The van der Waals surface area contributed by atoms with Gasteiger partial charge in [-0.05, 0) is 30.3 Å². The summed E-state index contributed by atoms with van der Waals surface area (Å²) in [6.07, 6.45) is 1.69. The van der Waals surface area contributed by atoms with Crippen LogP contribution in [0.4, 0.5) is 5.69 Å². The van der Waals surface area contributed by atoms with Gasteiger partial charge in [0.25, 0.3) is 0 Å². The lowest BCUT2D eigenvalue weighted by molar-refractivity contribution is 0.415. The maximum atomic E-state index is 6.07. The zero-order chi connectivity index (χ0) is 17.6. The van der Waals surface area contributed by atoms with Crippen molar-refractivity contribution in [3.05, 3.63) is 53.4 Å². The lowest BCUT2D eigenvalue weighted by atomic mass is 10.3. The van der Waals surface area contributed by atoms with Gasteiger partial charge in [-0.2, -0.15) is 5.10 Å². The molecule has 0 radical (unpaired) electrons. The molecule has 0 saturated heterocycles. The fourth-order valence-electron chi connectivity index (χ4n) is 2.07. The number of halogens is 1. The van der Waals surface area contributed by atoms with E-state index in [1.54, 1.807) is 31.5 Å². The monoisotopic (exact) mass is 357 g/mol. The van der Waals surface area contributed by atoms with Crippen molar-refractivity contribution in [1.82, 2.24) is 20.2 Å². The highest BCUT2D eigenvalue weighted by Gasteiger charge is 2.07. The van der Waals surface area contributed by atoms with Gasteiger partial charge in [0.2, 0.25) is 0 Å². The smallest absolute Gasteiger partial charge is 0.199 e. The number of pyridine rings is 1. The van der Waals surface area contributed by atoms with Crippen LogP contribution in [0.1, 0.15) is 5.82 Å². The minimum absolute atomic E-state index is 0.233. The number of rotatable bonds is 5. The molecule has 2 aromatic heterocycles. The largest absolute Gasteiger partial charge is 0.495 e. The average Bonchev–Trinajstić information content (AvgIpc) is 3.10. The predicted molar refractivity (Wildman–Crippen MR) is 96.6 cm³/mol. The van der Waals surface area contributed by atoms with E-state index in [1.807, 2.05) is 18.2 Å². The van der Waals surface area contributed by atoms with Crippen molar-refractivity contribution < 1.29 is 4.74 Å². The Morgan fingerprint density at radius 1 is 1.36 bits per heavy atom. The van der Waals surface area contributed by atoms with E-state index in [2.05, 4.69) is 30.5 Å². The Hall–Kier alpha value is -3.13. The van der Waals surface area contributed by atoms with Crippen molar-refractivity contribution in [3.63, 3.8) is 0 Å². The van der Waals surface area contributed by atoms with Gasteiger partial charge in [-0.15, -0.1) is 0 Å². The van der Waals surface area contributed by atoms with Gasteiger partial charge in [-0.25, -0.2) is 9.98 Å². The summed E-state index contributed by atoms with van der Waals surface area (Å²) < 4.78 is 5.10. The molecule has 4 N–H and O–H groups in total. The third kappa shape index (κ3) is 4.24. The summed E-state index contributed by atoms with van der Waals surface area (Å²) in [5.41, 5.74) is 7.28. The molecule has 3 rings (SSSR count). The van der Waals surface area contributed by atoms with E-state index in [1.165, 1.54) is 0 Å². The fourth-order valence-corrected chi connectivity index (χ4v) is 2.32. The van der Waals surface area contributed by atoms with Gasteiger partial charge in [0, 0.05) is 11.9 Å². The first kappa shape index (κ1) is 16.7. The summed E-state index contributed by atoms with van der Waals surface area (Å²) in [7, 11) is 1.56. The van der Waals surface area contributed by atoms with Crippen LogP contribution >= 0.6 is 11.6 Å². The quantitative estimate of drug-likeness (QED) is 0.477. The maximum Gasteiger partial charge on any atom is 0.199 e. The van der Waals surface area contributed by atoms with E-state index in [9.17, 15) is 0 Å². The van der Waals surface area contributed by atoms with Crippen LogP contribution in [0.25, 0.3) is 11.5 Å². The van der Waals surface area contributed by atoms with Gasteiger partial charge in [-0.3, -0.25) is 10.1 Å². The summed E-state index contributed by atoms with van der Waals surface area (Å²) in [5, 5.41) is 10.4. The van der Waals surface area contributed by atoms with Crippen molar-refractivity contribution in [2.24, 2.45) is 10.7 Å². The van der Waals surface area contributed by atoms with Gasteiger partial charge in [0.05, 0.1) is 12.1 Å². The van der Waals surface area contributed by atoms with Crippen molar-refractivity contribution in [1.29, 1.82) is 0 Å². The van der Waals surface area contributed by atoms with E-state index in [0.29, 0.717) is 33.8 Å². The summed E-state index contributed by atoms with van der Waals surface area (Å²) in [5.74, 6) is 1.92. The van der Waals surface area contributed by atoms with E-state index in [4.69, 9.17) is 22.1 Å². The standard InChI is InChI=1S/C16H16ClN7O/c1-25-13-6-5-10(8-11(13)17)21-16(18)20-9-14-22-15(24-23-14)12-4-2-3-7-19-12/h2-8H,9H2,1H3,(H3,18,20,21)(H,22,23,24). The number of nitrogens with one attached hydrogen (secondary N) is 2. The normalized spacial score (nSPS) is 11.4. The van der Waals surface area contributed by atoms with Gasteiger partial charge in [0.15, 0.2) is 11.8 Å². The highest BCUT2D eigenvalue weighted by atomic mass is 35.5. The minimum atomic E-state index is 0.233. The summed E-state index contributed by atoms with van der Waals surface area (Å²) in [6, 6.07) is 10.8. The summed E-state index contributed by atoms with van der Waals surface area (Å²) in [6.45, 7) is 0.253. The number of nitrogens with zero attached hydrogens (tertiary/aromatic N) is 4. The van der Waals surface area contributed by atoms with Crippen molar-refractivity contribution in [3.8, 4) is 17.3 Å². The number of aliphatic imine (C=N–C) groups is 1. The van der Waals surface area contributed by atoms with Gasteiger partial charge >= 0.3 is 0 Å². The van der Waals surface area contributed by atoms with E-state index < -0.39 is 0 Å². The van der Waals surface area contributed by atoms with E-state index in [-0.39, 0.29) is 12.5 Å². The number of nitrogens with two attached hydrogens (primary N) is 1. The number of hydrogen-bond donors (Lipinski definition) is 3. The molecule has 128 valence electrons. The number of aromatic nitrogens is 4. The Balaban J connectivity index is 1.64. The zero-order valence-electron chi connectivity index (χ0n) is 13.4. The second-order valence-corrected chi connectivity index (χ2v) is 5.40. The molecule has 0 bridgehead atoms. The minimum Gasteiger partial charge on any atom is -0.495 e. The van der Waals surface area contributed by atoms with Crippen molar-refractivity contribution >= 4 is 23.2 Å². The van der Waals surface area contributed by atoms with Crippen LogP contribution in [0, 0.1) is 0 Å². The molecule has 0 amide bonds. The second-order valence-electron chi connectivity index (χ2n) is 5.00. The maximum absolute atomic E-state index is 6.07. The third-order valence-electron chi connectivity index (χ3n) is 3.25. The number of methoxy groups -OCH3 is 1. The molecule has 0 aliphatic rings. The first-order valence-corrected chi connectivity index (χ1v) is 7.76. The van der Waals surface area contributed by atoms with E-state index in [0.717, 1.165) is 0 Å². The third-order valence-corrected chi connectivity index (χ3v) is 3.54. The molecule has 0 aliphatic heterocycles. The molecule has 8 nitrogen and oxygen atoms in total. The predicted octanol–water partition coefficient (Wildman–Crippen LogP) is 2.46. The molecule has 0 aliphatic carbocycles. The van der Waals surface area contributed by atoms with Gasteiger partial charge in [-0.1, -0.05) is 17.7 Å². The topological polar surface area (TPSA) is 114 Å². The Labute approximate surface area is 149 Å². The van der Waals surface area contributed by atoms with E-state index >= 15 is 0 Å². The molecule has 0 saturated carbocycles. The SMILES string of the molecule is COc1ccc(NC(N)=NCc2nc(-c3ccccn3)n[nH]2)cc1Cl. The van der Waals surface area contributed by atoms with Crippen LogP contribution in [-0.2, 0) is 6.54 Å². The molecular formula is C16H16ClN7O. The fraction of sp³-hybridized carbons (Fsp3) is 0.125. The van der Waals surface area contributed by atoms with Crippen LogP contribution in [0.15, 0.2) is 47.6 Å². The van der Waals surface area contributed by atoms with Crippen LogP contribution in [-0.4, -0.2) is 33.2 Å². The molecule has 0 atom stereocenters. The first-order chi connectivity index (χ1) is 12.2. The molecule has 9 heteroatoms. The number of guanidine groups is 1. The van der Waals surface area contributed by atoms with Crippen molar-refractivity contribution in [2.45, 2.75) is 6.54 Å². The van der Waals surface area contributed by atoms with Gasteiger partial charge in [0.1, 0.15) is 23.8 Å². The number of ether oxygens (including phenoxy) is 1. The molecule has 25 heavy (non-hydrogen) atoms. The Morgan fingerprint density at radius 2 is 2.24 bits per heavy atom. The summed E-state index contributed by atoms with van der Waals surface area (Å²) >= 11 is 6.07. The Bertz CT molecular complexity index is 879. The lowest BCUT2D eigenvalue weighted by Gasteiger charge is -2.08. The Kier molecular flexibility index (Phi) is 5.10. The highest BCUT2D eigenvalue weighted by molar-refractivity contribution is 6.32. The van der Waals surface area contributed by atoms with Crippen LogP contribution < -0.4 is 15.8 Å². The number of benzene rings is 1. The zero-order valence-corrected chi connectivity index (χ0v) is 14.2. The average molecular weight is 358 g/mol. The first-order valence-electron chi connectivity index (χ1n) is 7.39. The number of hydrogen-bond acceptors (Lipinski definition) is 5.